The van der Waals surface area contributed by atoms with Gasteiger partial charge in [0.05, 0.1) is 0 Å². The average Bonchev–Trinajstić information content (AvgIpc) is 3.24. The van der Waals surface area contributed by atoms with Gasteiger partial charge in [0.1, 0.15) is 11.3 Å². The molecule has 2 aromatic carbocycles. The summed E-state index contributed by atoms with van der Waals surface area (Å²) in [5, 5.41) is 0.168. The van der Waals surface area contributed by atoms with E-state index >= 15 is 0 Å². The number of anilines is 3. The van der Waals surface area contributed by atoms with Gasteiger partial charge in [0, 0.05) is 31.5 Å². The number of nitrogens with zero attached hydrogens (tertiary/aromatic N) is 3. The standard InChI is InChI=1S/C23H19N3O3S/c1-24-21(27)19(22(28)25(2)23(24)30)15-18-13-14-20(29-18)26(16-9-5-3-6-10-16)17-11-7-4-8-12-17/h3-15H,1-2H3. The molecule has 1 fully saturated rings. The summed E-state index contributed by atoms with van der Waals surface area (Å²) in [6.45, 7) is 0. The van der Waals surface area contributed by atoms with E-state index in [0.29, 0.717) is 11.6 Å². The van der Waals surface area contributed by atoms with Gasteiger partial charge in [-0.25, -0.2) is 0 Å². The highest BCUT2D eigenvalue weighted by atomic mass is 32.1. The molecule has 4 rings (SSSR count). The van der Waals surface area contributed by atoms with Crippen LogP contribution in [-0.2, 0) is 9.59 Å². The fraction of sp³-hybridized carbons (Fsp3) is 0.0870. The number of rotatable bonds is 4. The van der Waals surface area contributed by atoms with E-state index in [1.165, 1.54) is 15.9 Å². The molecule has 0 radical (unpaired) electrons. The molecule has 1 aromatic heterocycles. The van der Waals surface area contributed by atoms with Crippen molar-refractivity contribution < 1.29 is 14.0 Å². The Hall–Kier alpha value is -3.71. The second-order valence-electron chi connectivity index (χ2n) is 6.75. The summed E-state index contributed by atoms with van der Waals surface area (Å²) in [5.74, 6) is 0.0495. The second kappa shape index (κ2) is 7.96. The molecule has 0 atom stereocenters. The first kappa shape index (κ1) is 19.6. The minimum Gasteiger partial charge on any atom is -0.440 e. The topological polar surface area (TPSA) is 57.0 Å². The number of carbonyl (C=O) groups is 2. The molecule has 1 aliphatic rings. The predicted octanol–water partition coefficient (Wildman–Crippen LogP) is 4.35. The Balaban J connectivity index is 1.73. The van der Waals surface area contributed by atoms with E-state index < -0.39 is 11.8 Å². The molecular formula is C23H19N3O3S. The maximum absolute atomic E-state index is 12.6. The zero-order valence-electron chi connectivity index (χ0n) is 16.5. The van der Waals surface area contributed by atoms with E-state index in [9.17, 15) is 9.59 Å². The maximum Gasteiger partial charge on any atom is 0.265 e. The van der Waals surface area contributed by atoms with E-state index in [2.05, 4.69) is 0 Å². The van der Waals surface area contributed by atoms with Gasteiger partial charge < -0.3 is 4.42 Å². The first-order valence-corrected chi connectivity index (χ1v) is 9.70. The molecule has 0 bridgehead atoms. The number of para-hydroxylation sites is 2. The summed E-state index contributed by atoms with van der Waals surface area (Å²) in [5.41, 5.74) is 1.85. The molecule has 6 nitrogen and oxygen atoms in total. The van der Waals surface area contributed by atoms with Crippen LogP contribution in [0.15, 0.2) is 82.8 Å². The second-order valence-corrected chi connectivity index (χ2v) is 7.12. The van der Waals surface area contributed by atoms with Crippen LogP contribution in [0.1, 0.15) is 5.76 Å². The summed E-state index contributed by atoms with van der Waals surface area (Å²) in [7, 11) is 3.09. The van der Waals surface area contributed by atoms with Crippen LogP contribution in [0.2, 0.25) is 0 Å². The average molecular weight is 417 g/mol. The van der Waals surface area contributed by atoms with Crippen LogP contribution in [0.4, 0.5) is 17.3 Å². The lowest BCUT2D eigenvalue weighted by atomic mass is 10.1. The Morgan fingerprint density at radius 1 is 0.800 bits per heavy atom. The van der Waals surface area contributed by atoms with E-state index in [0.717, 1.165) is 11.4 Å². The van der Waals surface area contributed by atoms with Crippen LogP contribution in [-0.4, -0.2) is 40.8 Å². The van der Waals surface area contributed by atoms with Gasteiger partial charge in [-0.1, -0.05) is 36.4 Å². The lowest BCUT2D eigenvalue weighted by Crippen LogP contribution is -2.52. The Morgan fingerprint density at radius 3 is 1.80 bits per heavy atom. The van der Waals surface area contributed by atoms with Crippen molar-refractivity contribution in [1.29, 1.82) is 0 Å². The third kappa shape index (κ3) is 3.51. The van der Waals surface area contributed by atoms with Crippen LogP contribution in [0, 0.1) is 0 Å². The van der Waals surface area contributed by atoms with Gasteiger partial charge in [-0.2, -0.15) is 0 Å². The number of hydrogen-bond acceptors (Lipinski definition) is 5. The van der Waals surface area contributed by atoms with E-state index in [1.807, 2.05) is 71.6 Å². The third-order valence-corrected chi connectivity index (χ3v) is 5.34. The van der Waals surface area contributed by atoms with Crippen LogP contribution in [0.5, 0.6) is 0 Å². The normalized spacial score (nSPS) is 14.3. The fourth-order valence-corrected chi connectivity index (χ4v) is 3.38. The van der Waals surface area contributed by atoms with Crippen molar-refractivity contribution in [2.75, 3.05) is 19.0 Å². The van der Waals surface area contributed by atoms with Crippen molar-refractivity contribution in [2.45, 2.75) is 0 Å². The predicted molar refractivity (Wildman–Crippen MR) is 120 cm³/mol. The molecule has 1 aliphatic heterocycles. The molecule has 150 valence electrons. The molecule has 0 N–H and O–H groups in total. The highest BCUT2D eigenvalue weighted by molar-refractivity contribution is 7.80. The SMILES string of the molecule is CN1C(=O)C(=Cc2ccc(N(c3ccccc3)c3ccccc3)o2)C(=O)N(C)C1=S. The third-order valence-electron chi connectivity index (χ3n) is 4.79. The largest absolute Gasteiger partial charge is 0.440 e. The zero-order valence-corrected chi connectivity index (χ0v) is 17.3. The van der Waals surface area contributed by atoms with Crippen molar-refractivity contribution in [3.63, 3.8) is 0 Å². The maximum atomic E-state index is 12.6. The van der Waals surface area contributed by atoms with Gasteiger partial charge in [0.15, 0.2) is 5.11 Å². The van der Waals surface area contributed by atoms with Crippen molar-refractivity contribution in [3.05, 3.63) is 84.1 Å². The highest BCUT2D eigenvalue weighted by Crippen LogP contribution is 2.35. The summed E-state index contributed by atoms with van der Waals surface area (Å²) < 4.78 is 6.03. The van der Waals surface area contributed by atoms with Crippen LogP contribution in [0.25, 0.3) is 6.08 Å². The van der Waals surface area contributed by atoms with Crippen molar-refractivity contribution in [3.8, 4) is 0 Å². The lowest BCUT2D eigenvalue weighted by Gasteiger charge is -2.31. The highest BCUT2D eigenvalue weighted by Gasteiger charge is 2.35. The van der Waals surface area contributed by atoms with Crippen LogP contribution in [0.3, 0.4) is 0 Å². The Kier molecular flexibility index (Phi) is 5.20. The van der Waals surface area contributed by atoms with Gasteiger partial charge in [-0.15, -0.1) is 0 Å². The first-order valence-electron chi connectivity index (χ1n) is 9.29. The van der Waals surface area contributed by atoms with Gasteiger partial charge in [-0.05, 0) is 48.6 Å². The van der Waals surface area contributed by atoms with Crippen molar-refractivity contribution in [1.82, 2.24) is 9.80 Å². The molecule has 2 heterocycles. The molecule has 0 saturated carbocycles. The quantitative estimate of drug-likeness (QED) is 0.359. The molecule has 30 heavy (non-hydrogen) atoms. The fourth-order valence-electron chi connectivity index (χ4n) is 3.21. The molecule has 2 amide bonds. The number of carbonyl (C=O) groups excluding carboxylic acids is 2. The van der Waals surface area contributed by atoms with Crippen molar-refractivity contribution in [2.24, 2.45) is 0 Å². The number of benzene rings is 2. The Morgan fingerprint density at radius 2 is 1.30 bits per heavy atom. The summed E-state index contributed by atoms with van der Waals surface area (Å²) in [6.07, 6.45) is 1.46. The molecule has 7 heteroatoms. The van der Waals surface area contributed by atoms with E-state index in [-0.39, 0.29) is 10.7 Å². The molecule has 0 spiro atoms. The number of thiocarbonyl (C=S) groups is 1. The van der Waals surface area contributed by atoms with Crippen molar-refractivity contribution >= 4 is 52.5 Å². The van der Waals surface area contributed by atoms with E-state index in [1.54, 1.807) is 20.2 Å². The number of likely N-dealkylation sites (N-methyl/N-ethyl adjacent to an activating group) is 2. The summed E-state index contributed by atoms with van der Waals surface area (Å²) in [6, 6.07) is 23.1. The Bertz CT molecular complexity index is 1070. The van der Waals surface area contributed by atoms with Gasteiger partial charge in [-0.3, -0.25) is 24.3 Å². The number of amides is 2. The molecule has 0 unspecified atom stereocenters. The van der Waals surface area contributed by atoms with Gasteiger partial charge >= 0.3 is 0 Å². The number of hydrogen-bond donors (Lipinski definition) is 0. The molecule has 0 aliphatic carbocycles. The van der Waals surface area contributed by atoms with Gasteiger partial charge in [0.2, 0.25) is 5.88 Å². The summed E-state index contributed by atoms with van der Waals surface area (Å²) in [4.78, 5) is 29.6. The monoisotopic (exact) mass is 417 g/mol. The number of furan rings is 1. The summed E-state index contributed by atoms with van der Waals surface area (Å²) >= 11 is 5.12. The van der Waals surface area contributed by atoms with Gasteiger partial charge in [0.25, 0.3) is 11.8 Å². The molecule has 1 saturated heterocycles. The zero-order chi connectivity index (χ0) is 21.3. The van der Waals surface area contributed by atoms with E-state index in [4.69, 9.17) is 16.6 Å². The minimum atomic E-state index is -0.455. The lowest BCUT2D eigenvalue weighted by molar-refractivity contribution is -0.132. The minimum absolute atomic E-state index is 0.000437. The van der Waals surface area contributed by atoms with Crippen LogP contribution < -0.4 is 4.90 Å². The smallest absolute Gasteiger partial charge is 0.265 e. The Labute approximate surface area is 179 Å². The first-order chi connectivity index (χ1) is 14.5. The van der Waals surface area contributed by atoms with Crippen LogP contribution >= 0.6 is 12.2 Å². The molecular weight excluding hydrogens is 398 g/mol. The molecule has 3 aromatic rings.